The maximum Gasteiger partial charge on any atom is -0.0103 e. The van der Waals surface area contributed by atoms with E-state index in [-0.39, 0.29) is 0 Å². The van der Waals surface area contributed by atoms with Gasteiger partial charge in [-0.15, -0.1) is 0 Å². The van der Waals surface area contributed by atoms with Gasteiger partial charge in [-0.1, -0.05) is 60.2 Å². The van der Waals surface area contributed by atoms with E-state index in [0.29, 0.717) is 0 Å². The zero-order valence-electron chi connectivity index (χ0n) is 11.5. The first-order valence-electron chi connectivity index (χ1n) is 6.82. The Labute approximate surface area is 115 Å². The summed E-state index contributed by atoms with van der Waals surface area (Å²) < 4.78 is 0. The zero-order valence-corrected chi connectivity index (χ0v) is 11.5. The molecule has 0 saturated heterocycles. The predicted molar refractivity (Wildman–Crippen MR) is 82.9 cm³/mol. The summed E-state index contributed by atoms with van der Waals surface area (Å²) in [6.45, 7) is 2.13. The average molecular weight is 251 g/mol. The van der Waals surface area contributed by atoms with Gasteiger partial charge in [0.2, 0.25) is 0 Å². The molecule has 0 aliphatic carbocycles. The van der Waals surface area contributed by atoms with E-state index < -0.39 is 0 Å². The van der Waals surface area contributed by atoms with E-state index in [1.807, 2.05) is 6.08 Å². The molecule has 0 fully saturated rings. The molecule has 0 amide bonds. The highest BCUT2D eigenvalue weighted by Gasteiger charge is 1.99. The molecule has 1 nitrogen and oxygen atoms in total. The molecule has 98 valence electrons. The maximum absolute atomic E-state index is 5.34. The highest BCUT2D eigenvalue weighted by atomic mass is 14.5. The Balaban J connectivity index is 2.10. The molecule has 0 radical (unpaired) electrons. The lowest BCUT2D eigenvalue weighted by molar-refractivity contribution is 0.842. The van der Waals surface area contributed by atoms with Crippen molar-refractivity contribution in [2.75, 3.05) is 0 Å². The fourth-order valence-electron chi connectivity index (χ4n) is 2.25. The van der Waals surface area contributed by atoms with Crippen LogP contribution in [-0.4, -0.2) is 0 Å². The molecule has 2 aromatic carbocycles. The van der Waals surface area contributed by atoms with Gasteiger partial charge in [-0.25, -0.2) is 0 Å². The van der Waals surface area contributed by atoms with Crippen LogP contribution in [0, 0.1) is 6.92 Å². The fraction of sp³-hybridized carbons (Fsp3) is 0.222. The molecule has 2 N–H and O–H groups in total. The molecule has 0 aromatic heterocycles. The van der Waals surface area contributed by atoms with Gasteiger partial charge in [0.05, 0.1) is 0 Å². The number of unbranched alkanes of at least 4 members (excludes halogenated alkanes) is 1. The van der Waals surface area contributed by atoms with Gasteiger partial charge >= 0.3 is 0 Å². The quantitative estimate of drug-likeness (QED) is 0.780. The van der Waals surface area contributed by atoms with Crippen LogP contribution in [0.25, 0.3) is 11.1 Å². The summed E-state index contributed by atoms with van der Waals surface area (Å²) in [5, 5.41) is 0. The second-order valence-electron chi connectivity index (χ2n) is 4.89. The van der Waals surface area contributed by atoms with E-state index in [1.54, 1.807) is 6.20 Å². The predicted octanol–water partition coefficient (Wildman–Crippen LogP) is 4.46. The van der Waals surface area contributed by atoms with Crippen LogP contribution in [0.1, 0.15) is 24.0 Å². The first kappa shape index (κ1) is 13.4. The standard InChI is InChI=1S/C18H21N/c1-15-7-5-10-17(13-15)18-11-6-9-16(14-18)8-3-2-4-12-19/h4-7,9-14H,2-3,8,19H2,1H3/b12-4-. The van der Waals surface area contributed by atoms with E-state index in [4.69, 9.17) is 5.73 Å². The van der Waals surface area contributed by atoms with Crippen LogP contribution in [0.15, 0.2) is 60.8 Å². The molecule has 0 heterocycles. The van der Waals surface area contributed by atoms with Crippen LogP contribution >= 0.6 is 0 Å². The molecule has 0 aliphatic heterocycles. The summed E-state index contributed by atoms with van der Waals surface area (Å²) >= 11 is 0. The lowest BCUT2D eigenvalue weighted by Crippen LogP contribution is -1.87. The van der Waals surface area contributed by atoms with E-state index in [0.717, 1.165) is 19.3 Å². The molecule has 2 rings (SSSR count). The van der Waals surface area contributed by atoms with E-state index in [2.05, 4.69) is 55.5 Å². The summed E-state index contributed by atoms with van der Waals surface area (Å²) in [6.07, 6.45) is 6.94. The second kappa shape index (κ2) is 6.79. The summed E-state index contributed by atoms with van der Waals surface area (Å²) in [5.74, 6) is 0. The van der Waals surface area contributed by atoms with Gasteiger partial charge in [-0.2, -0.15) is 0 Å². The molecule has 0 spiro atoms. The normalized spacial score (nSPS) is 11.0. The Morgan fingerprint density at radius 2 is 1.74 bits per heavy atom. The van der Waals surface area contributed by atoms with Crippen molar-refractivity contribution in [1.29, 1.82) is 0 Å². The minimum Gasteiger partial charge on any atom is -0.405 e. The number of hydrogen-bond donors (Lipinski definition) is 1. The van der Waals surface area contributed by atoms with E-state index in [1.165, 1.54) is 22.3 Å². The smallest absolute Gasteiger partial charge is 0.0103 e. The molecule has 0 aliphatic rings. The first-order valence-corrected chi connectivity index (χ1v) is 6.82. The topological polar surface area (TPSA) is 26.0 Å². The Hall–Kier alpha value is -2.02. The number of rotatable bonds is 5. The minimum atomic E-state index is 1.05. The second-order valence-corrected chi connectivity index (χ2v) is 4.89. The monoisotopic (exact) mass is 251 g/mol. The summed E-state index contributed by atoms with van der Waals surface area (Å²) in [6, 6.07) is 17.5. The number of nitrogens with two attached hydrogens (primary N) is 1. The lowest BCUT2D eigenvalue weighted by atomic mass is 9.99. The number of hydrogen-bond acceptors (Lipinski definition) is 1. The van der Waals surface area contributed by atoms with Gasteiger partial charge in [-0.3, -0.25) is 0 Å². The van der Waals surface area contributed by atoms with Crippen LogP contribution < -0.4 is 5.73 Å². The van der Waals surface area contributed by atoms with Crippen molar-refractivity contribution < 1.29 is 0 Å². The van der Waals surface area contributed by atoms with E-state index in [9.17, 15) is 0 Å². The lowest BCUT2D eigenvalue weighted by Gasteiger charge is -2.06. The Morgan fingerprint density at radius 3 is 2.47 bits per heavy atom. The van der Waals surface area contributed by atoms with Crippen molar-refractivity contribution >= 4 is 0 Å². The third kappa shape index (κ3) is 3.99. The van der Waals surface area contributed by atoms with Gasteiger partial charge in [0.25, 0.3) is 0 Å². The van der Waals surface area contributed by atoms with Gasteiger partial charge in [0.1, 0.15) is 0 Å². The molecule has 1 heteroatoms. The van der Waals surface area contributed by atoms with Gasteiger partial charge in [0, 0.05) is 0 Å². The molecule has 0 saturated carbocycles. The van der Waals surface area contributed by atoms with Gasteiger partial charge in [0.15, 0.2) is 0 Å². The summed E-state index contributed by atoms with van der Waals surface area (Å²) in [5.41, 5.74) is 10.6. The van der Waals surface area contributed by atoms with Crippen LogP contribution in [0.2, 0.25) is 0 Å². The number of allylic oxidation sites excluding steroid dienone is 1. The minimum absolute atomic E-state index is 1.05. The zero-order chi connectivity index (χ0) is 13.5. The third-order valence-electron chi connectivity index (χ3n) is 3.25. The number of aryl methyl sites for hydroxylation is 2. The molecule has 0 atom stereocenters. The van der Waals surface area contributed by atoms with E-state index >= 15 is 0 Å². The Morgan fingerprint density at radius 1 is 1.00 bits per heavy atom. The van der Waals surface area contributed by atoms with Crippen molar-refractivity contribution in [2.45, 2.75) is 26.2 Å². The largest absolute Gasteiger partial charge is 0.405 e. The molecular weight excluding hydrogens is 230 g/mol. The highest BCUT2D eigenvalue weighted by Crippen LogP contribution is 2.22. The third-order valence-corrected chi connectivity index (χ3v) is 3.25. The SMILES string of the molecule is Cc1cccc(-c2cccc(CCC/C=C\N)c2)c1. The van der Waals surface area contributed by atoms with Crippen LogP contribution in [0.4, 0.5) is 0 Å². The highest BCUT2D eigenvalue weighted by molar-refractivity contribution is 5.64. The van der Waals surface area contributed by atoms with Crippen molar-refractivity contribution in [2.24, 2.45) is 5.73 Å². The number of benzene rings is 2. The molecular formula is C18H21N. The average Bonchev–Trinajstić information content (AvgIpc) is 2.44. The first-order chi connectivity index (χ1) is 9.29. The van der Waals surface area contributed by atoms with Gasteiger partial charge < -0.3 is 5.73 Å². The Kier molecular flexibility index (Phi) is 4.79. The van der Waals surface area contributed by atoms with Crippen LogP contribution in [0.5, 0.6) is 0 Å². The maximum atomic E-state index is 5.34. The van der Waals surface area contributed by atoms with Crippen molar-refractivity contribution in [1.82, 2.24) is 0 Å². The molecule has 0 bridgehead atoms. The van der Waals surface area contributed by atoms with Gasteiger partial charge in [-0.05, 0) is 49.1 Å². The van der Waals surface area contributed by atoms with Crippen LogP contribution in [-0.2, 0) is 6.42 Å². The van der Waals surface area contributed by atoms with Crippen LogP contribution in [0.3, 0.4) is 0 Å². The van der Waals surface area contributed by atoms with Crippen molar-refractivity contribution in [3.63, 3.8) is 0 Å². The molecule has 2 aromatic rings. The molecule has 19 heavy (non-hydrogen) atoms. The molecule has 0 unspecified atom stereocenters. The summed E-state index contributed by atoms with van der Waals surface area (Å²) in [7, 11) is 0. The van der Waals surface area contributed by atoms with Crippen molar-refractivity contribution in [3.05, 3.63) is 71.9 Å². The summed E-state index contributed by atoms with van der Waals surface area (Å²) in [4.78, 5) is 0. The Bertz CT molecular complexity index is 555. The fourth-order valence-corrected chi connectivity index (χ4v) is 2.25. The van der Waals surface area contributed by atoms with Crippen molar-refractivity contribution in [3.8, 4) is 11.1 Å².